The Morgan fingerprint density at radius 3 is 2.38 bits per heavy atom. The van der Waals surface area contributed by atoms with Gasteiger partial charge in [0.05, 0.1) is 17.5 Å². The number of Topliss-reactive ketones (excluding diaryl/α,β-unsaturated/α-hetero) is 4. The Morgan fingerprint density at radius 1 is 1.14 bits per heavy atom. The number of aliphatic hydroxyl groups is 1. The predicted molar refractivity (Wildman–Crippen MR) is 152 cm³/mol. The monoisotopic (exact) mass is 599 g/mol. The molecule has 0 saturated heterocycles. The van der Waals surface area contributed by atoms with Crippen molar-refractivity contribution >= 4 is 40.6 Å². The SMILES string of the molecule is C[C@H](C1CC1)N(Cc1cc(O)c2c(c1Cl)C[C@H]1C[C@H]3[C@H](N(C)C)C(=O)C(C(N)=O)C(=O)[C@@]3(O)C(=O)C1C2=O)CC1CC1. The first kappa shape index (κ1) is 29.4. The van der Waals surface area contributed by atoms with Crippen LogP contribution < -0.4 is 5.73 Å². The first-order chi connectivity index (χ1) is 19.8. The average molecular weight is 600 g/mol. The minimum Gasteiger partial charge on any atom is -0.507 e. The third kappa shape index (κ3) is 4.44. The lowest BCUT2D eigenvalue weighted by atomic mass is 9.52. The van der Waals surface area contributed by atoms with Crippen molar-refractivity contribution in [1.29, 1.82) is 0 Å². The first-order valence-electron chi connectivity index (χ1n) is 14.9. The van der Waals surface area contributed by atoms with Gasteiger partial charge in [0.1, 0.15) is 5.75 Å². The third-order valence-electron chi connectivity index (χ3n) is 10.5. The van der Waals surface area contributed by atoms with E-state index in [0.29, 0.717) is 40.6 Å². The maximum absolute atomic E-state index is 14.0. The summed E-state index contributed by atoms with van der Waals surface area (Å²) in [6, 6.07) is 0.731. The van der Waals surface area contributed by atoms with Gasteiger partial charge in [-0.25, -0.2) is 0 Å². The fourth-order valence-electron chi connectivity index (χ4n) is 7.93. The molecule has 2 unspecified atom stereocenters. The summed E-state index contributed by atoms with van der Waals surface area (Å²) in [5, 5.41) is 23.2. The molecule has 42 heavy (non-hydrogen) atoms. The van der Waals surface area contributed by atoms with E-state index in [1.807, 2.05) is 0 Å². The minimum absolute atomic E-state index is 0.00225. The van der Waals surface area contributed by atoms with Gasteiger partial charge in [0, 0.05) is 30.1 Å². The summed E-state index contributed by atoms with van der Waals surface area (Å²) in [4.78, 5) is 70.5. The number of primary amides is 1. The summed E-state index contributed by atoms with van der Waals surface area (Å²) in [5.74, 6) is -9.29. The molecule has 0 aromatic heterocycles. The number of amides is 1. The number of halogens is 1. The van der Waals surface area contributed by atoms with Crippen LogP contribution in [0.25, 0.3) is 0 Å². The zero-order valence-electron chi connectivity index (χ0n) is 24.1. The summed E-state index contributed by atoms with van der Waals surface area (Å²) in [6.45, 7) is 3.70. The Labute approximate surface area is 249 Å². The highest BCUT2D eigenvalue weighted by Crippen LogP contribution is 2.52. The molecule has 6 rings (SSSR count). The highest BCUT2D eigenvalue weighted by molar-refractivity contribution is 6.34. The summed E-state index contributed by atoms with van der Waals surface area (Å²) in [6.07, 6.45) is 4.96. The summed E-state index contributed by atoms with van der Waals surface area (Å²) >= 11 is 6.98. The Morgan fingerprint density at radius 2 is 1.81 bits per heavy atom. The Bertz CT molecular complexity index is 1400. The standard InChI is InChI=1S/C31H38ClN3O7/c1-13(15-6-7-15)35(11-14-4-5-14)12-17-10-20(36)22-18(24(17)32)8-16-9-19-25(34(2)3)27(38)23(30(33)41)29(40)31(19,42)28(39)21(16)26(22)37/h10,13-16,19,21,23,25,36,42H,4-9,11-12H2,1-3H3,(H2,33,41)/t13-,16+,19+,21?,23?,25+,31+/m1/s1. The molecule has 0 aliphatic heterocycles. The minimum atomic E-state index is -2.74. The Balaban J connectivity index is 1.37. The molecule has 1 amide bonds. The molecule has 10 nitrogen and oxygen atoms in total. The lowest BCUT2D eigenvalue weighted by Gasteiger charge is -2.52. The number of nitrogens with zero attached hydrogens (tertiary/aromatic N) is 2. The van der Waals surface area contributed by atoms with Crippen molar-refractivity contribution in [2.24, 2.45) is 41.2 Å². The highest BCUT2D eigenvalue weighted by Gasteiger charge is 2.69. The fraction of sp³-hybridized carbons (Fsp3) is 0.645. The molecule has 1 aromatic rings. The molecule has 4 fully saturated rings. The van der Waals surface area contributed by atoms with Crippen LogP contribution in [0.1, 0.15) is 60.5 Å². The second-order valence-electron chi connectivity index (χ2n) is 13.5. The number of rotatable bonds is 8. The molecule has 1 aromatic carbocycles. The zero-order chi connectivity index (χ0) is 30.4. The first-order valence-corrected chi connectivity index (χ1v) is 15.3. The molecule has 5 aliphatic rings. The summed E-state index contributed by atoms with van der Waals surface area (Å²) in [5.41, 5.74) is 3.73. The number of hydrogen-bond acceptors (Lipinski definition) is 9. The van der Waals surface area contributed by atoms with Crippen LogP contribution in [0.4, 0.5) is 0 Å². The molecule has 226 valence electrons. The van der Waals surface area contributed by atoms with Crippen LogP contribution in [-0.2, 0) is 32.1 Å². The summed E-state index contributed by atoms with van der Waals surface area (Å²) < 4.78 is 0. The molecule has 0 spiro atoms. The fourth-order valence-corrected chi connectivity index (χ4v) is 8.21. The van der Waals surface area contributed by atoms with E-state index in [-0.39, 0.29) is 24.2 Å². The van der Waals surface area contributed by atoms with Crippen LogP contribution >= 0.6 is 11.6 Å². The van der Waals surface area contributed by atoms with Crippen LogP contribution in [0.15, 0.2) is 6.07 Å². The normalized spacial score (nSPS) is 33.5. The Hall–Kier alpha value is -2.66. The average Bonchev–Trinajstić information content (AvgIpc) is 3.83. The number of ketones is 4. The van der Waals surface area contributed by atoms with Crippen LogP contribution in [-0.4, -0.2) is 87.4 Å². The van der Waals surface area contributed by atoms with Gasteiger partial charge in [-0.2, -0.15) is 0 Å². The van der Waals surface area contributed by atoms with Crippen LogP contribution in [0.2, 0.25) is 5.02 Å². The van der Waals surface area contributed by atoms with E-state index < -0.39 is 64.4 Å². The number of phenolic OH excluding ortho intramolecular Hbond substituents is 1. The van der Waals surface area contributed by atoms with Gasteiger partial charge >= 0.3 is 0 Å². The van der Waals surface area contributed by atoms with Crippen LogP contribution in [0.3, 0.4) is 0 Å². The smallest absolute Gasteiger partial charge is 0.235 e. The van der Waals surface area contributed by atoms with Crippen LogP contribution in [0.5, 0.6) is 5.75 Å². The molecule has 0 radical (unpaired) electrons. The van der Waals surface area contributed by atoms with Gasteiger partial charge < -0.3 is 15.9 Å². The molecular weight excluding hydrogens is 562 g/mol. The number of phenols is 1. The number of likely N-dealkylation sites (N-methyl/N-ethyl adjacent to an activating group) is 1. The van der Waals surface area contributed by atoms with Crippen molar-refractivity contribution in [2.45, 2.75) is 69.7 Å². The van der Waals surface area contributed by atoms with E-state index in [4.69, 9.17) is 17.3 Å². The van der Waals surface area contributed by atoms with Gasteiger partial charge in [0.15, 0.2) is 34.7 Å². The second-order valence-corrected chi connectivity index (χ2v) is 13.8. The molecule has 4 saturated carbocycles. The van der Waals surface area contributed by atoms with Crippen molar-refractivity contribution in [1.82, 2.24) is 9.80 Å². The second kappa shape index (κ2) is 10.2. The van der Waals surface area contributed by atoms with Gasteiger partial charge in [0.25, 0.3) is 0 Å². The number of aromatic hydroxyl groups is 1. The van der Waals surface area contributed by atoms with E-state index in [2.05, 4.69) is 11.8 Å². The van der Waals surface area contributed by atoms with Gasteiger partial charge in [0.2, 0.25) is 5.91 Å². The predicted octanol–water partition coefficient (Wildman–Crippen LogP) is 1.53. The quantitative estimate of drug-likeness (QED) is 0.377. The van der Waals surface area contributed by atoms with Crippen molar-refractivity contribution in [3.05, 3.63) is 27.8 Å². The van der Waals surface area contributed by atoms with Crippen molar-refractivity contribution in [2.75, 3.05) is 20.6 Å². The Kier molecular flexibility index (Phi) is 7.15. The topological polar surface area (TPSA) is 158 Å². The van der Waals surface area contributed by atoms with Gasteiger partial charge in [-0.1, -0.05) is 11.6 Å². The van der Waals surface area contributed by atoms with E-state index in [9.17, 15) is 34.2 Å². The van der Waals surface area contributed by atoms with Crippen molar-refractivity contribution < 1.29 is 34.2 Å². The third-order valence-corrected chi connectivity index (χ3v) is 11.0. The molecule has 4 N–H and O–H groups in total. The lowest BCUT2D eigenvalue weighted by Crippen LogP contribution is -2.74. The lowest BCUT2D eigenvalue weighted by molar-refractivity contribution is -0.181. The number of benzene rings is 1. The maximum Gasteiger partial charge on any atom is 0.235 e. The molecule has 7 atom stereocenters. The van der Waals surface area contributed by atoms with Crippen molar-refractivity contribution in [3.8, 4) is 5.75 Å². The van der Waals surface area contributed by atoms with E-state index in [1.54, 1.807) is 14.1 Å². The van der Waals surface area contributed by atoms with Crippen LogP contribution in [0, 0.1) is 35.5 Å². The molecule has 5 aliphatic carbocycles. The van der Waals surface area contributed by atoms with E-state index in [0.717, 1.165) is 6.54 Å². The molecule has 0 heterocycles. The number of carbonyl (C=O) groups is 5. The van der Waals surface area contributed by atoms with Gasteiger partial charge in [-0.05, 0) is 94.5 Å². The van der Waals surface area contributed by atoms with Crippen molar-refractivity contribution in [3.63, 3.8) is 0 Å². The number of nitrogens with two attached hydrogens (primary N) is 1. The highest BCUT2D eigenvalue weighted by atomic mass is 35.5. The number of fused-ring (bicyclic) bond motifs is 3. The maximum atomic E-state index is 14.0. The van der Waals surface area contributed by atoms with E-state index >= 15 is 0 Å². The molecule has 11 heteroatoms. The zero-order valence-corrected chi connectivity index (χ0v) is 24.9. The number of hydrogen-bond donors (Lipinski definition) is 3. The van der Waals surface area contributed by atoms with E-state index in [1.165, 1.54) is 36.6 Å². The number of carbonyl (C=O) groups excluding carboxylic acids is 5. The molecular formula is C31H38ClN3O7. The van der Waals surface area contributed by atoms with Gasteiger partial charge in [-0.3, -0.25) is 33.8 Å². The summed E-state index contributed by atoms with van der Waals surface area (Å²) in [7, 11) is 3.12. The van der Waals surface area contributed by atoms with Gasteiger partial charge in [-0.15, -0.1) is 0 Å². The largest absolute Gasteiger partial charge is 0.507 e. The molecule has 0 bridgehead atoms.